The van der Waals surface area contributed by atoms with E-state index >= 15 is 0 Å². The number of hydrogen-bond donors (Lipinski definition) is 2. The molecule has 0 spiro atoms. The van der Waals surface area contributed by atoms with E-state index < -0.39 is 0 Å². The van der Waals surface area contributed by atoms with Gasteiger partial charge in [0.15, 0.2) is 0 Å². The van der Waals surface area contributed by atoms with Gasteiger partial charge >= 0.3 is 0 Å². The number of hydrogen-bond acceptors (Lipinski definition) is 3. The summed E-state index contributed by atoms with van der Waals surface area (Å²) >= 11 is 1.71. The molecule has 2 aliphatic rings. The van der Waals surface area contributed by atoms with Gasteiger partial charge in [-0.15, -0.1) is 11.3 Å². The zero-order valence-corrected chi connectivity index (χ0v) is 12.9. The van der Waals surface area contributed by atoms with Gasteiger partial charge in [-0.05, 0) is 63.1 Å². The molecule has 2 N–H and O–H groups in total. The van der Waals surface area contributed by atoms with Crippen LogP contribution in [0.4, 0.5) is 0 Å². The molecule has 1 aromatic rings. The molecule has 1 unspecified atom stereocenters. The van der Waals surface area contributed by atoms with Crippen LogP contribution in [0.25, 0.3) is 0 Å². The van der Waals surface area contributed by atoms with Gasteiger partial charge in [-0.1, -0.05) is 6.42 Å². The van der Waals surface area contributed by atoms with E-state index in [-0.39, 0.29) is 5.91 Å². The van der Waals surface area contributed by atoms with Crippen molar-refractivity contribution >= 4 is 17.2 Å². The van der Waals surface area contributed by atoms with Crippen molar-refractivity contribution in [1.82, 2.24) is 10.6 Å². The third-order valence-corrected chi connectivity index (χ3v) is 5.65. The van der Waals surface area contributed by atoms with Crippen molar-refractivity contribution in [3.05, 3.63) is 21.4 Å². The summed E-state index contributed by atoms with van der Waals surface area (Å²) in [4.78, 5) is 14.6. The highest BCUT2D eigenvalue weighted by Crippen LogP contribution is 2.28. The van der Waals surface area contributed by atoms with Gasteiger partial charge in [-0.25, -0.2) is 0 Å². The maximum Gasteiger partial charge on any atom is 0.261 e. The number of rotatable bonds is 4. The standard InChI is InChI=1S/C16H24N2OS/c19-16(18-10-8-13-6-4-9-17-13)15-11-12-5-2-1-3-7-14(12)20-15/h11,13,17H,1-10H2,(H,18,19). The van der Waals surface area contributed by atoms with Crippen molar-refractivity contribution in [3.8, 4) is 0 Å². The Morgan fingerprint density at radius 3 is 3.05 bits per heavy atom. The van der Waals surface area contributed by atoms with E-state index in [4.69, 9.17) is 0 Å². The van der Waals surface area contributed by atoms with Gasteiger partial charge in [0.2, 0.25) is 0 Å². The summed E-state index contributed by atoms with van der Waals surface area (Å²) in [6.45, 7) is 1.93. The van der Waals surface area contributed by atoms with Crippen molar-refractivity contribution in [2.75, 3.05) is 13.1 Å². The molecule has 4 heteroatoms. The van der Waals surface area contributed by atoms with E-state index in [0.29, 0.717) is 6.04 Å². The molecule has 1 aliphatic carbocycles. The van der Waals surface area contributed by atoms with Gasteiger partial charge in [-0.2, -0.15) is 0 Å². The molecule has 0 aromatic carbocycles. The number of carbonyl (C=O) groups is 1. The van der Waals surface area contributed by atoms with Crippen LogP contribution in [0.15, 0.2) is 6.07 Å². The molecular formula is C16H24N2OS. The Balaban J connectivity index is 1.51. The molecule has 110 valence electrons. The Kier molecular flexibility index (Phi) is 4.73. The lowest BCUT2D eigenvalue weighted by molar-refractivity contribution is 0.0956. The highest BCUT2D eigenvalue weighted by molar-refractivity contribution is 7.14. The lowest BCUT2D eigenvalue weighted by Gasteiger charge is -2.10. The highest BCUT2D eigenvalue weighted by Gasteiger charge is 2.17. The first kappa shape index (κ1) is 14.1. The molecule has 0 saturated carbocycles. The molecular weight excluding hydrogens is 268 g/mol. The molecule has 1 atom stereocenters. The molecule has 2 heterocycles. The second-order valence-electron chi connectivity index (χ2n) is 5.96. The molecule has 1 aromatic heterocycles. The molecule has 0 bridgehead atoms. The molecule has 3 rings (SSSR count). The molecule has 3 nitrogen and oxygen atoms in total. The van der Waals surface area contributed by atoms with Crippen LogP contribution in [0.1, 0.15) is 58.6 Å². The minimum atomic E-state index is 0.126. The van der Waals surface area contributed by atoms with Gasteiger partial charge in [-0.3, -0.25) is 4.79 Å². The average molecular weight is 292 g/mol. The van der Waals surface area contributed by atoms with Crippen molar-refractivity contribution < 1.29 is 4.79 Å². The monoisotopic (exact) mass is 292 g/mol. The van der Waals surface area contributed by atoms with E-state index in [0.717, 1.165) is 30.8 Å². The topological polar surface area (TPSA) is 41.1 Å². The van der Waals surface area contributed by atoms with Crippen LogP contribution >= 0.6 is 11.3 Å². The van der Waals surface area contributed by atoms with E-state index in [9.17, 15) is 4.79 Å². The highest BCUT2D eigenvalue weighted by atomic mass is 32.1. The first-order valence-electron chi connectivity index (χ1n) is 7.96. The SMILES string of the molecule is O=C(NCCC1CCCN1)c1cc2c(s1)CCCCC2. The van der Waals surface area contributed by atoms with Crippen LogP contribution < -0.4 is 10.6 Å². The minimum Gasteiger partial charge on any atom is -0.351 e. The van der Waals surface area contributed by atoms with E-state index in [2.05, 4.69) is 16.7 Å². The fraction of sp³-hybridized carbons (Fsp3) is 0.688. The van der Waals surface area contributed by atoms with Crippen molar-refractivity contribution in [3.63, 3.8) is 0 Å². The lowest BCUT2D eigenvalue weighted by Crippen LogP contribution is -2.30. The number of nitrogens with one attached hydrogen (secondary N) is 2. The van der Waals surface area contributed by atoms with Gasteiger partial charge in [0.05, 0.1) is 4.88 Å². The van der Waals surface area contributed by atoms with Gasteiger partial charge < -0.3 is 10.6 Å². The zero-order chi connectivity index (χ0) is 13.8. The van der Waals surface area contributed by atoms with E-state index in [1.54, 1.807) is 11.3 Å². The molecule has 1 fully saturated rings. The summed E-state index contributed by atoms with van der Waals surface area (Å²) in [5.41, 5.74) is 1.43. The summed E-state index contributed by atoms with van der Waals surface area (Å²) in [6, 6.07) is 2.74. The second-order valence-corrected chi connectivity index (χ2v) is 7.09. The minimum absolute atomic E-state index is 0.126. The van der Waals surface area contributed by atoms with Crippen molar-refractivity contribution in [2.24, 2.45) is 0 Å². The molecule has 1 saturated heterocycles. The normalized spacial score (nSPS) is 22.3. The van der Waals surface area contributed by atoms with Crippen LogP contribution in [0, 0.1) is 0 Å². The summed E-state index contributed by atoms with van der Waals surface area (Å²) in [5, 5.41) is 6.55. The Morgan fingerprint density at radius 1 is 1.30 bits per heavy atom. The largest absolute Gasteiger partial charge is 0.351 e. The number of amides is 1. The summed E-state index contributed by atoms with van der Waals surface area (Å²) in [6.07, 6.45) is 9.79. The van der Waals surface area contributed by atoms with E-state index in [1.165, 1.54) is 49.0 Å². The predicted molar refractivity (Wildman–Crippen MR) is 83.6 cm³/mol. The number of fused-ring (bicyclic) bond motifs is 1. The molecule has 1 amide bonds. The zero-order valence-electron chi connectivity index (χ0n) is 12.0. The fourth-order valence-corrected chi connectivity index (χ4v) is 4.40. The maximum atomic E-state index is 12.2. The third-order valence-electron chi connectivity index (χ3n) is 4.41. The first-order chi connectivity index (χ1) is 9.83. The quantitative estimate of drug-likeness (QED) is 0.838. The summed E-state index contributed by atoms with van der Waals surface area (Å²) in [7, 11) is 0. The maximum absolute atomic E-state index is 12.2. The molecule has 1 aliphatic heterocycles. The first-order valence-corrected chi connectivity index (χ1v) is 8.78. The van der Waals surface area contributed by atoms with Gasteiger partial charge in [0, 0.05) is 17.5 Å². The van der Waals surface area contributed by atoms with E-state index in [1.807, 2.05) is 0 Å². The lowest BCUT2D eigenvalue weighted by atomic mass is 10.1. The van der Waals surface area contributed by atoms with Crippen LogP contribution in [-0.2, 0) is 12.8 Å². The Bertz CT molecular complexity index is 440. The average Bonchev–Trinajstić information content (AvgIpc) is 3.05. The summed E-state index contributed by atoms with van der Waals surface area (Å²) in [5.74, 6) is 0.126. The van der Waals surface area contributed by atoms with Crippen molar-refractivity contribution in [2.45, 2.75) is 57.4 Å². The molecule has 20 heavy (non-hydrogen) atoms. The Labute approximate surface area is 125 Å². The summed E-state index contributed by atoms with van der Waals surface area (Å²) < 4.78 is 0. The second kappa shape index (κ2) is 6.72. The molecule has 0 radical (unpaired) electrons. The number of thiophene rings is 1. The van der Waals surface area contributed by atoms with Crippen LogP contribution in [0.5, 0.6) is 0 Å². The smallest absolute Gasteiger partial charge is 0.261 e. The Hall–Kier alpha value is -0.870. The van der Waals surface area contributed by atoms with Crippen LogP contribution in [0.2, 0.25) is 0 Å². The number of aryl methyl sites for hydroxylation is 2. The fourth-order valence-electron chi connectivity index (χ4n) is 3.23. The van der Waals surface area contributed by atoms with Crippen LogP contribution in [0.3, 0.4) is 0 Å². The van der Waals surface area contributed by atoms with Crippen molar-refractivity contribution in [1.29, 1.82) is 0 Å². The van der Waals surface area contributed by atoms with Crippen LogP contribution in [-0.4, -0.2) is 25.0 Å². The third kappa shape index (κ3) is 3.41. The number of carbonyl (C=O) groups excluding carboxylic acids is 1. The Morgan fingerprint density at radius 2 is 2.20 bits per heavy atom. The van der Waals surface area contributed by atoms with Gasteiger partial charge in [0.25, 0.3) is 5.91 Å². The predicted octanol–water partition coefficient (Wildman–Crippen LogP) is 2.89. The van der Waals surface area contributed by atoms with Gasteiger partial charge in [0.1, 0.15) is 0 Å².